The second kappa shape index (κ2) is 6.85. The summed E-state index contributed by atoms with van der Waals surface area (Å²) in [6.45, 7) is 6.52. The lowest BCUT2D eigenvalue weighted by Gasteiger charge is -2.20. The molecule has 1 aromatic rings. The third-order valence-electron chi connectivity index (χ3n) is 3.49. The van der Waals surface area contributed by atoms with Crippen molar-refractivity contribution >= 4 is 17.8 Å². The highest BCUT2D eigenvalue weighted by Crippen LogP contribution is 2.35. The first-order valence-corrected chi connectivity index (χ1v) is 7.97. The average molecular weight is 278 g/mol. The number of carbonyl (C=O) groups excluding carboxylic acids is 1. The maximum absolute atomic E-state index is 11.9. The number of nitrogens with one attached hydrogen (secondary N) is 1. The normalized spacial score (nSPS) is 19.9. The van der Waals surface area contributed by atoms with Gasteiger partial charge < -0.3 is 10.2 Å². The molecule has 0 aliphatic carbocycles. The van der Waals surface area contributed by atoms with Crippen molar-refractivity contribution in [1.82, 2.24) is 10.2 Å². The van der Waals surface area contributed by atoms with Crippen molar-refractivity contribution in [2.24, 2.45) is 0 Å². The van der Waals surface area contributed by atoms with Crippen LogP contribution in [-0.4, -0.2) is 36.3 Å². The van der Waals surface area contributed by atoms with Crippen molar-refractivity contribution in [3.05, 3.63) is 35.4 Å². The lowest BCUT2D eigenvalue weighted by atomic mass is 10.0. The average Bonchev–Trinajstić information content (AvgIpc) is 2.65. The molecule has 2 rings (SSSR count). The summed E-state index contributed by atoms with van der Waals surface area (Å²) in [5, 5.41) is 3.40. The molecule has 1 aromatic carbocycles. The Kier molecular flexibility index (Phi) is 5.14. The largest absolute Gasteiger partial charge is 0.338 e. The summed E-state index contributed by atoms with van der Waals surface area (Å²) in [6.07, 6.45) is 1.03. The molecule has 1 atom stereocenters. The number of benzene rings is 1. The van der Waals surface area contributed by atoms with Crippen LogP contribution in [0.5, 0.6) is 0 Å². The van der Waals surface area contributed by atoms with Gasteiger partial charge in [0, 0.05) is 30.6 Å². The lowest BCUT2D eigenvalue weighted by Crippen LogP contribution is -2.41. The quantitative estimate of drug-likeness (QED) is 0.901. The van der Waals surface area contributed by atoms with Crippen molar-refractivity contribution in [2.45, 2.75) is 25.5 Å². The molecule has 1 aliphatic heterocycles. The van der Waals surface area contributed by atoms with Gasteiger partial charge in [0.05, 0.1) is 0 Å². The van der Waals surface area contributed by atoms with Gasteiger partial charge in [-0.2, -0.15) is 11.8 Å². The number of aryl methyl sites for hydroxylation is 1. The molecular formula is C15H22N2OS. The number of carbonyl (C=O) groups is 1. The molecule has 0 bridgehead atoms. The zero-order valence-electron chi connectivity index (χ0n) is 11.7. The van der Waals surface area contributed by atoms with Crippen LogP contribution in [0.3, 0.4) is 0 Å². The fourth-order valence-electron chi connectivity index (χ4n) is 2.43. The predicted molar refractivity (Wildman–Crippen MR) is 81.6 cm³/mol. The summed E-state index contributed by atoms with van der Waals surface area (Å²) in [4.78, 5) is 13.8. The number of urea groups is 1. The summed E-state index contributed by atoms with van der Waals surface area (Å²) in [7, 11) is 0. The van der Waals surface area contributed by atoms with Crippen molar-refractivity contribution in [1.29, 1.82) is 0 Å². The minimum absolute atomic E-state index is 0.0773. The third kappa shape index (κ3) is 3.66. The van der Waals surface area contributed by atoms with Crippen LogP contribution in [0.1, 0.15) is 29.7 Å². The number of hydrogen-bond acceptors (Lipinski definition) is 2. The number of hydrogen-bond donors (Lipinski definition) is 1. The fraction of sp³-hybridized carbons (Fsp3) is 0.533. The van der Waals surface area contributed by atoms with Crippen molar-refractivity contribution in [3.8, 4) is 0 Å². The van der Waals surface area contributed by atoms with Gasteiger partial charge in [0.25, 0.3) is 0 Å². The molecule has 0 spiro atoms. The molecule has 4 heteroatoms. The Morgan fingerprint density at radius 1 is 1.42 bits per heavy atom. The first-order chi connectivity index (χ1) is 9.22. The molecule has 1 fully saturated rings. The molecule has 1 aliphatic rings. The first kappa shape index (κ1) is 14.3. The number of amides is 2. The molecule has 3 nitrogen and oxygen atoms in total. The topological polar surface area (TPSA) is 32.3 Å². The van der Waals surface area contributed by atoms with Gasteiger partial charge in [-0.1, -0.05) is 24.3 Å². The second-order valence-corrected chi connectivity index (χ2v) is 6.14. The van der Waals surface area contributed by atoms with E-state index in [0.29, 0.717) is 11.8 Å². The fourth-order valence-corrected chi connectivity index (χ4v) is 3.76. The summed E-state index contributed by atoms with van der Waals surface area (Å²) in [5.74, 6) is 1.01. The monoisotopic (exact) mass is 278 g/mol. The molecule has 0 radical (unpaired) electrons. The smallest absolute Gasteiger partial charge is 0.317 e. The van der Waals surface area contributed by atoms with Crippen LogP contribution in [0.25, 0.3) is 0 Å². The SMILES string of the molecule is CCNC(=O)N1CCS[C@@H](c2ccccc2C)CC1. The number of rotatable bonds is 2. The minimum atomic E-state index is 0.0773. The maximum Gasteiger partial charge on any atom is 0.317 e. The van der Waals surface area contributed by atoms with Crippen LogP contribution < -0.4 is 5.32 Å². The zero-order valence-corrected chi connectivity index (χ0v) is 12.5. The van der Waals surface area contributed by atoms with E-state index in [-0.39, 0.29) is 6.03 Å². The Hall–Kier alpha value is -1.16. The molecule has 2 amide bonds. The van der Waals surface area contributed by atoms with E-state index in [0.717, 1.165) is 25.3 Å². The summed E-state index contributed by atoms with van der Waals surface area (Å²) < 4.78 is 0. The second-order valence-electron chi connectivity index (χ2n) is 4.83. The standard InChI is InChI=1S/C15H22N2OS/c1-3-16-15(18)17-9-8-14(19-11-10-17)13-7-5-4-6-12(13)2/h4-7,14H,3,8-11H2,1-2H3,(H,16,18)/t14-/m1/s1. The van der Waals surface area contributed by atoms with E-state index >= 15 is 0 Å². The van der Waals surface area contributed by atoms with Gasteiger partial charge >= 0.3 is 6.03 Å². The van der Waals surface area contributed by atoms with Crippen LogP contribution in [0.2, 0.25) is 0 Å². The Bertz CT molecular complexity index is 436. The van der Waals surface area contributed by atoms with Crippen LogP contribution >= 0.6 is 11.8 Å². The predicted octanol–water partition coefficient (Wildman–Crippen LogP) is 3.20. The van der Waals surface area contributed by atoms with E-state index in [2.05, 4.69) is 36.5 Å². The van der Waals surface area contributed by atoms with Crippen molar-refractivity contribution < 1.29 is 4.79 Å². The molecule has 104 valence electrons. The van der Waals surface area contributed by atoms with Crippen LogP contribution in [0, 0.1) is 6.92 Å². The minimum Gasteiger partial charge on any atom is -0.338 e. The molecule has 1 saturated heterocycles. The molecule has 0 saturated carbocycles. The van der Waals surface area contributed by atoms with Crippen LogP contribution in [-0.2, 0) is 0 Å². The molecule has 1 N–H and O–H groups in total. The van der Waals surface area contributed by atoms with Gasteiger partial charge in [-0.25, -0.2) is 4.79 Å². The van der Waals surface area contributed by atoms with E-state index in [1.165, 1.54) is 11.1 Å². The van der Waals surface area contributed by atoms with Crippen molar-refractivity contribution in [2.75, 3.05) is 25.4 Å². The van der Waals surface area contributed by atoms with Crippen LogP contribution in [0.4, 0.5) is 4.79 Å². The van der Waals surface area contributed by atoms with Crippen molar-refractivity contribution in [3.63, 3.8) is 0 Å². The highest BCUT2D eigenvalue weighted by atomic mass is 32.2. The van der Waals surface area contributed by atoms with Crippen LogP contribution in [0.15, 0.2) is 24.3 Å². The molecule has 0 unspecified atom stereocenters. The first-order valence-electron chi connectivity index (χ1n) is 6.92. The third-order valence-corrected chi connectivity index (χ3v) is 4.80. The van der Waals surface area contributed by atoms with E-state index in [4.69, 9.17) is 0 Å². The van der Waals surface area contributed by atoms with Gasteiger partial charge in [0.15, 0.2) is 0 Å². The van der Waals surface area contributed by atoms with E-state index in [1.54, 1.807) is 0 Å². The maximum atomic E-state index is 11.9. The van der Waals surface area contributed by atoms with E-state index < -0.39 is 0 Å². The zero-order chi connectivity index (χ0) is 13.7. The molecule has 19 heavy (non-hydrogen) atoms. The summed E-state index contributed by atoms with van der Waals surface area (Å²) in [6, 6.07) is 8.65. The van der Waals surface area contributed by atoms with E-state index in [1.807, 2.05) is 23.6 Å². The van der Waals surface area contributed by atoms with Gasteiger partial charge in [-0.05, 0) is 31.4 Å². The van der Waals surface area contributed by atoms with Gasteiger partial charge in [-0.15, -0.1) is 0 Å². The summed E-state index contributed by atoms with van der Waals surface area (Å²) >= 11 is 1.97. The lowest BCUT2D eigenvalue weighted by molar-refractivity contribution is 0.202. The molecular weight excluding hydrogens is 256 g/mol. The van der Waals surface area contributed by atoms with E-state index in [9.17, 15) is 4.79 Å². The molecule has 1 heterocycles. The Labute approximate surface area is 119 Å². The number of nitrogens with zero attached hydrogens (tertiary/aromatic N) is 1. The summed E-state index contributed by atoms with van der Waals surface area (Å²) in [5.41, 5.74) is 2.77. The van der Waals surface area contributed by atoms with Gasteiger partial charge in [-0.3, -0.25) is 0 Å². The number of thioether (sulfide) groups is 1. The Morgan fingerprint density at radius 3 is 2.95 bits per heavy atom. The highest BCUT2D eigenvalue weighted by Gasteiger charge is 2.22. The Balaban J connectivity index is 2.01. The highest BCUT2D eigenvalue weighted by molar-refractivity contribution is 7.99. The Morgan fingerprint density at radius 2 is 2.21 bits per heavy atom. The van der Waals surface area contributed by atoms with Gasteiger partial charge in [0.1, 0.15) is 0 Å². The molecule has 0 aromatic heterocycles. The van der Waals surface area contributed by atoms with Gasteiger partial charge in [0.2, 0.25) is 0 Å².